The molecule has 0 aromatic heterocycles. The predicted octanol–water partition coefficient (Wildman–Crippen LogP) is 3.33. The zero-order valence-corrected chi connectivity index (χ0v) is 11.2. The quantitative estimate of drug-likeness (QED) is 0.787. The molecule has 1 unspecified atom stereocenters. The summed E-state index contributed by atoms with van der Waals surface area (Å²) in [5.74, 6) is 0.567. The van der Waals surface area contributed by atoms with Crippen molar-refractivity contribution in [1.29, 1.82) is 0 Å². The Hall–Kier alpha value is -1.09. The molecule has 1 aromatic rings. The van der Waals surface area contributed by atoms with E-state index in [-0.39, 0.29) is 0 Å². The number of hydrogen-bond acceptors (Lipinski definition) is 1. The van der Waals surface area contributed by atoms with Gasteiger partial charge in [0.15, 0.2) is 5.11 Å². The van der Waals surface area contributed by atoms with Crippen molar-refractivity contribution in [3.63, 3.8) is 0 Å². The molecule has 0 bridgehead atoms. The summed E-state index contributed by atoms with van der Waals surface area (Å²) in [6, 6.07) is 8.57. The van der Waals surface area contributed by atoms with Gasteiger partial charge in [-0.15, -0.1) is 0 Å². The molecular formula is C13H20N2S. The van der Waals surface area contributed by atoms with Crippen LogP contribution in [0.1, 0.15) is 26.3 Å². The van der Waals surface area contributed by atoms with Crippen LogP contribution in [0.3, 0.4) is 0 Å². The fourth-order valence-corrected chi connectivity index (χ4v) is 1.48. The minimum absolute atomic E-state index is 0.380. The van der Waals surface area contributed by atoms with Gasteiger partial charge in [0, 0.05) is 11.7 Å². The van der Waals surface area contributed by atoms with Gasteiger partial charge in [-0.1, -0.05) is 31.5 Å². The Labute approximate surface area is 103 Å². The highest BCUT2D eigenvalue weighted by atomic mass is 32.1. The Morgan fingerprint density at radius 1 is 1.12 bits per heavy atom. The van der Waals surface area contributed by atoms with E-state index in [1.165, 1.54) is 5.56 Å². The van der Waals surface area contributed by atoms with Crippen LogP contribution in [0.5, 0.6) is 0 Å². The molecule has 0 radical (unpaired) electrons. The van der Waals surface area contributed by atoms with E-state index in [0.29, 0.717) is 17.1 Å². The fraction of sp³-hybridized carbons (Fsp3) is 0.462. The topological polar surface area (TPSA) is 24.1 Å². The van der Waals surface area contributed by atoms with E-state index < -0.39 is 0 Å². The molecule has 0 aliphatic carbocycles. The van der Waals surface area contributed by atoms with Crippen molar-refractivity contribution in [2.45, 2.75) is 33.7 Å². The van der Waals surface area contributed by atoms with E-state index in [9.17, 15) is 0 Å². The summed E-state index contributed by atoms with van der Waals surface area (Å²) in [6.07, 6.45) is 0. The van der Waals surface area contributed by atoms with Gasteiger partial charge in [-0.25, -0.2) is 0 Å². The Morgan fingerprint density at radius 2 is 1.69 bits per heavy atom. The number of nitrogens with one attached hydrogen (secondary N) is 2. The van der Waals surface area contributed by atoms with Gasteiger partial charge in [-0.2, -0.15) is 0 Å². The highest BCUT2D eigenvalue weighted by molar-refractivity contribution is 7.80. The summed E-state index contributed by atoms with van der Waals surface area (Å²) in [4.78, 5) is 0. The third-order valence-corrected chi connectivity index (χ3v) is 2.89. The average molecular weight is 236 g/mol. The number of rotatable bonds is 3. The van der Waals surface area contributed by atoms with E-state index >= 15 is 0 Å². The molecule has 1 atom stereocenters. The number of aryl methyl sites for hydroxylation is 1. The molecule has 0 aliphatic rings. The summed E-state index contributed by atoms with van der Waals surface area (Å²) < 4.78 is 0. The minimum Gasteiger partial charge on any atom is -0.360 e. The van der Waals surface area contributed by atoms with Crippen molar-refractivity contribution in [3.05, 3.63) is 29.8 Å². The Morgan fingerprint density at radius 3 is 2.19 bits per heavy atom. The summed E-state index contributed by atoms with van der Waals surface area (Å²) in [7, 11) is 0. The van der Waals surface area contributed by atoms with Gasteiger partial charge < -0.3 is 10.6 Å². The van der Waals surface area contributed by atoms with Crippen LogP contribution in [-0.4, -0.2) is 11.2 Å². The van der Waals surface area contributed by atoms with E-state index in [1.54, 1.807) is 0 Å². The molecule has 16 heavy (non-hydrogen) atoms. The van der Waals surface area contributed by atoms with Gasteiger partial charge >= 0.3 is 0 Å². The molecule has 0 saturated heterocycles. The molecule has 0 heterocycles. The predicted molar refractivity (Wildman–Crippen MR) is 74.8 cm³/mol. The lowest BCUT2D eigenvalue weighted by atomic mass is 10.1. The highest BCUT2D eigenvalue weighted by Gasteiger charge is 2.07. The van der Waals surface area contributed by atoms with Crippen molar-refractivity contribution >= 4 is 23.0 Å². The molecule has 0 aliphatic heterocycles. The number of thiocarbonyl (C=S) groups is 1. The van der Waals surface area contributed by atoms with Gasteiger partial charge in [0.25, 0.3) is 0 Å². The van der Waals surface area contributed by atoms with Crippen LogP contribution >= 0.6 is 12.2 Å². The standard InChI is InChI=1S/C13H20N2S/c1-9(2)11(4)14-13(16)15-12-7-5-10(3)6-8-12/h5-9,11H,1-4H3,(H2,14,15,16). The first-order valence-electron chi connectivity index (χ1n) is 5.63. The van der Waals surface area contributed by atoms with Crippen molar-refractivity contribution in [1.82, 2.24) is 5.32 Å². The maximum absolute atomic E-state index is 5.24. The van der Waals surface area contributed by atoms with Gasteiger partial charge in [0.1, 0.15) is 0 Å². The second-order valence-electron chi connectivity index (χ2n) is 4.50. The van der Waals surface area contributed by atoms with Crippen LogP contribution in [0.25, 0.3) is 0 Å². The molecule has 2 nitrogen and oxygen atoms in total. The van der Waals surface area contributed by atoms with Crippen LogP contribution in [-0.2, 0) is 0 Å². The van der Waals surface area contributed by atoms with Crippen LogP contribution < -0.4 is 10.6 Å². The van der Waals surface area contributed by atoms with Crippen LogP contribution in [0.15, 0.2) is 24.3 Å². The summed E-state index contributed by atoms with van der Waals surface area (Å²) in [6.45, 7) is 8.55. The molecule has 2 N–H and O–H groups in total. The second kappa shape index (κ2) is 5.85. The zero-order chi connectivity index (χ0) is 12.1. The van der Waals surface area contributed by atoms with Crippen molar-refractivity contribution < 1.29 is 0 Å². The third kappa shape index (κ3) is 4.19. The third-order valence-electron chi connectivity index (χ3n) is 2.67. The smallest absolute Gasteiger partial charge is 0.170 e. The first-order chi connectivity index (χ1) is 7.49. The van der Waals surface area contributed by atoms with Gasteiger partial charge in [-0.05, 0) is 44.1 Å². The lowest BCUT2D eigenvalue weighted by Crippen LogP contribution is -2.38. The lowest BCUT2D eigenvalue weighted by molar-refractivity contribution is 0.489. The summed E-state index contributed by atoms with van der Waals surface area (Å²) >= 11 is 5.24. The molecule has 88 valence electrons. The first-order valence-corrected chi connectivity index (χ1v) is 6.04. The highest BCUT2D eigenvalue weighted by Crippen LogP contribution is 2.08. The molecule has 1 aromatic carbocycles. The molecule has 1 rings (SSSR count). The second-order valence-corrected chi connectivity index (χ2v) is 4.91. The summed E-state index contributed by atoms with van der Waals surface area (Å²) in [5.41, 5.74) is 2.28. The number of anilines is 1. The minimum atomic E-state index is 0.380. The monoisotopic (exact) mass is 236 g/mol. The largest absolute Gasteiger partial charge is 0.360 e. The lowest BCUT2D eigenvalue weighted by Gasteiger charge is -2.20. The van der Waals surface area contributed by atoms with Crippen LogP contribution in [0.2, 0.25) is 0 Å². The normalized spacial score (nSPS) is 12.3. The molecule has 0 fully saturated rings. The Kier molecular flexibility index (Phi) is 4.74. The van der Waals surface area contributed by atoms with Crippen LogP contribution in [0, 0.1) is 12.8 Å². The van der Waals surface area contributed by atoms with Crippen molar-refractivity contribution in [3.8, 4) is 0 Å². The van der Waals surface area contributed by atoms with Crippen LogP contribution in [0.4, 0.5) is 5.69 Å². The maximum atomic E-state index is 5.24. The Balaban J connectivity index is 2.48. The fourth-order valence-electron chi connectivity index (χ4n) is 1.18. The number of benzene rings is 1. The van der Waals surface area contributed by atoms with Gasteiger partial charge in [0.05, 0.1) is 0 Å². The van der Waals surface area contributed by atoms with E-state index in [0.717, 1.165) is 5.69 Å². The molecule has 3 heteroatoms. The Bertz CT molecular complexity index is 343. The molecule has 0 amide bonds. The summed E-state index contributed by atoms with van der Waals surface area (Å²) in [5, 5.41) is 7.12. The maximum Gasteiger partial charge on any atom is 0.170 e. The van der Waals surface area contributed by atoms with Gasteiger partial charge in [-0.3, -0.25) is 0 Å². The zero-order valence-electron chi connectivity index (χ0n) is 10.4. The molecule has 0 spiro atoms. The molecule has 0 saturated carbocycles. The first kappa shape index (κ1) is 13.0. The van der Waals surface area contributed by atoms with Crippen molar-refractivity contribution in [2.24, 2.45) is 5.92 Å². The van der Waals surface area contributed by atoms with Gasteiger partial charge in [0.2, 0.25) is 0 Å². The van der Waals surface area contributed by atoms with E-state index in [2.05, 4.69) is 50.5 Å². The molecular weight excluding hydrogens is 216 g/mol. The van der Waals surface area contributed by atoms with E-state index in [4.69, 9.17) is 12.2 Å². The SMILES string of the molecule is Cc1ccc(NC(=S)NC(C)C(C)C)cc1. The number of hydrogen-bond donors (Lipinski definition) is 2. The average Bonchev–Trinajstić information content (AvgIpc) is 2.21. The van der Waals surface area contributed by atoms with E-state index in [1.807, 2.05) is 12.1 Å². The van der Waals surface area contributed by atoms with Crippen molar-refractivity contribution in [2.75, 3.05) is 5.32 Å².